The number of amides is 1. The average Bonchev–Trinajstić information content (AvgIpc) is 3.16. The van der Waals surface area contributed by atoms with E-state index in [4.69, 9.17) is 9.47 Å². The minimum Gasteiger partial charge on any atom is -0.493 e. The van der Waals surface area contributed by atoms with Gasteiger partial charge in [-0.1, -0.05) is 12.1 Å². The standard InChI is InChI=1S/C22H25N3O3/c1-27-20-8-7-17(13-21(20)28-2)22(26)24-11-9-16(10-12-24)14-25-15-23-18-5-3-4-6-19(18)25/h3-8,13,15-16H,9-12,14H2,1-2H3. The van der Waals surface area contributed by atoms with E-state index in [1.165, 1.54) is 5.52 Å². The van der Waals surface area contributed by atoms with Crippen LogP contribution in [0.1, 0.15) is 23.2 Å². The number of rotatable bonds is 5. The third-order valence-electron chi connectivity index (χ3n) is 5.51. The van der Waals surface area contributed by atoms with Crippen LogP contribution in [-0.4, -0.2) is 47.7 Å². The lowest BCUT2D eigenvalue weighted by molar-refractivity contribution is 0.0683. The fourth-order valence-electron chi connectivity index (χ4n) is 3.90. The molecule has 4 rings (SSSR count). The van der Waals surface area contributed by atoms with Crippen LogP contribution in [0.15, 0.2) is 48.8 Å². The van der Waals surface area contributed by atoms with E-state index in [9.17, 15) is 4.79 Å². The largest absolute Gasteiger partial charge is 0.493 e. The highest BCUT2D eigenvalue weighted by Gasteiger charge is 2.25. The summed E-state index contributed by atoms with van der Waals surface area (Å²) in [7, 11) is 3.17. The first-order valence-electron chi connectivity index (χ1n) is 9.60. The summed E-state index contributed by atoms with van der Waals surface area (Å²) in [5.74, 6) is 1.81. The molecular formula is C22H25N3O3. The topological polar surface area (TPSA) is 56.6 Å². The zero-order valence-electron chi connectivity index (χ0n) is 16.3. The van der Waals surface area contributed by atoms with Gasteiger partial charge in [0, 0.05) is 25.2 Å². The average molecular weight is 379 g/mol. The van der Waals surface area contributed by atoms with E-state index in [-0.39, 0.29) is 5.91 Å². The second kappa shape index (κ2) is 7.92. The van der Waals surface area contributed by atoms with Gasteiger partial charge in [-0.3, -0.25) is 4.79 Å². The Morgan fingerprint density at radius 3 is 2.57 bits per heavy atom. The van der Waals surface area contributed by atoms with Gasteiger partial charge < -0.3 is 18.9 Å². The molecule has 0 spiro atoms. The molecule has 0 unspecified atom stereocenters. The van der Waals surface area contributed by atoms with Gasteiger partial charge in [-0.05, 0) is 49.1 Å². The lowest BCUT2D eigenvalue weighted by Crippen LogP contribution is -2.39. The van der Waals surface area contributed by atoms with Crippen molar-refractivity contribution in [2.24, 2.45) is 5.92 Å². The Labute approximate surface area is 164 Å². The molecule has 6 heteroatoms. The molecule has 6 nitrogen and oxygen atoms in total. The Bertz CT molecular complexity index is 974. The minimum atomic E-state index is 0.0486. The van der Waals surface area contributed by atoms with E-state index in [0.717, 1.165) is 38.0 Å². The summed E-state index contributed by atoms with van der Waals surface area (Å²) < 4.78 is 12.8. The van der Waals surface area contributed by atoms with Gasteiger partial charge in [0.2, 0.25) is 0 Å². The number of methoxy groups -OCH3 is 2. The van der Waals surface area contributed by atoms with Gasteiger partial charge >= 0.3 is 0 Å². The molecule has 1 aromatic heterocycles. The van der Waals surface area contributed by atoms with Crippen LogP contribution in [-0.2, 0) is 6.54 Å². The molecule has 0 saturated carbocycles. The summed E-state index contributed by atoms with van der Waals surface area (Å²) >= 11 is 0. The number of hydrogen-bond acceptors (Lipinski definition) is 4. The highest BCUT2D eigenvalue weighted by molar-refractivity contribution is 5.95. The summed E-state index contributed by atoms with van der Waals surface area (Å²) in [4.78, 5) is 19.3. The molecule has 28 heavy (non-hydrogen) atoms. The van der Waals surface area contributed by atoms with Crippen molar-refractivity contribution in [3.63, 3.8) is 0 Å². The predicted molar refractivity (Wildman–Crippen MR) is 108 cm³/mol. The van der Waals surface area contributed by atoms with Gasteiger partial charge in [-0.2, -0.15) is 0 Å². The van der Waals surface area contributed by atoms with Crippen LogP contribution >= 0.6 is 0 Å². The number of piperidine rings is 1. The Morgan fingerprint density at radius 1 is 1.07 bits per heavy atom. The summed E-state index contributed by atoms with van der Waals surface area (Å²) in [6.07, 6.45) is 3.91. The molecule has 0 bridgehead atoms. The van der Waals surface area contributed by atoms with Crippen LogP contribution in [0.3, 0.4) is 0 Å². The van der Waals surface area contributed by atoms with E-state index in [1.54, 1.807) is 32.4 Å². The van der Waals surface area contributed by atoms with Gasteiger partial charge in [0.25, 0.3) is 5.91 Å². The number of hydrogen-bond donors (Lipinski definition) is 0. The third kappa shape index (κ3) is 3.54. The molecule has 1 fully saturated rings. The van der Waals surface area contributed by atoms with Crippen molar-refractivity contribution < 1.29 is 14.3 Å². The van der Waals surface area contributed by atoms with Crippen LogP contribution in [0.25, 0.3) is 11.0 Å². The SMILES string of the molecule is COc1ccc(C(=O)N2CCC(Cn3cnc4ccccc43)CC2)cc1OC. The Morgan fingerprint density at radius 2 is 1.82 bits per heavy atom. The van der Waals surface area contributed by atoms with Crippen LogP contribution in [0, 0.1) is 5.92 Å². The predicted octanol–water partition coefficient (Wildman–Crippen LogP) is 3.61. The van der Waals surface area contributed by atoms with Crippen LogP contribution < -0.4 is 9.47 Å². The molecule has 3 aromatic rings. The molecule has 1 aliphatic heterocycles. The van der Waals surface area contributed by atoms with Crippen LogP contribution in [0.4, 0.5) is 0 Å². The lowest BCUT2D eigenvalue weighted by atomic mass is 9.96. The van der Waals surface area contributed by atoms with Gasteiger partial charge in [0.05, 0.1) is 31.6 Å². The first-order chi connectivity index (χ1) is 13.7. The Balaban J connectivity index is 1.39. The molecule has 2 heterocycles. The first-order valence-corrected chi connectivity index (χ1v) is 9.60. The van der Waals surface area contributed by atoms with Crippen molar-refractivity contribution in [1.29, 1.82) is 0 Å². The molecule has 0 N–H and O–H groups in total. The number of fused-ring (bicyclic) bond motifs is 1. The number of likely N-dealkylation sites (tertiary alicyclic amines) is 1. The van der Waals surface area contributed by atoms with Crippen molar-refractivity contribution in [3.8, 4) is 11.5 Å². The Kier molecular flexibility index (Phi) is 5.19. The summed E-state index contributed by atoms with van der Waals surface area (Å²) in [5, 5.41) is 0. The Hall–Kier alpha value is -3.02. The maximum absolute atomic E-state index is 12.9. The smallest absolute Gasteiger partial charge is 0.253 e. The molecule has 1 aliphatic rings. The fraction of sp³-hybridized carbons (Fsp3) is 0.364. The number of carbonyl (C=O) groups is 1. The molecule has 0 radical (unpaired) electrons. The molecule has 146 valence electrons. The highest BCUT2D eigenvalue weighted by Crippen LogP contribution is 2.29. The van der Waals surface area contributed by atoms with E-state index in [1.807, 2.05) is 29.4 Å². The summed E-state index contributed by atoms with van der Waals surface area (Å²) in [5.41, 5.74) is 2.84. The highest BCUT2D eigenvalue weighted by atomic mass is 16.5. The third-order valence-corrected chi connectivity index (χ3v) is 5.51. The van der Waals surface area contributed by atoms with Gasteiger partial charge in [0.15, 0.2) is 11.5 Å². The van der Waals surface area contributed by atoms with Crippen molar-refractivity contribution in [1.82, 2.24) is 14.5 Å². The monoisotopic (exact) mass is 379 g/mol. The number of imidazole rings is 1. The zero-order chi connectivity index (χ0) is 19.5. The number of nitrogens with zero attached hydrogens (tertiary/aromatic N) is 3. The number of carbonyl (C=O) groups excluding carboxylic acids is 1. The first kappa shape index (κ1) is 18.3. The summed E-state index contributed by atoms with van der Waals surface area (Å²) in [6, 6.07) is 13.5. The van der Waals surface area contributed by atoms with E-state index in [0.29, 0.717) is 23.0 Å². The molecule has 2 aromatic carbocycles. The molecule has 0 atom stereocenters. The number of aromatic nitrogens is 2. The summed E-state index contributed by atoms with van der Waals surface area (Å²) in [6.45, 7) is 2.48. The minimum absolute atomic E-state index is 0.0486. The number of ether oxygens (including phenoxy) is 2. The van der Waals surface area contributed by atoms with E-state index < -0.39 is 0 Å². The van der Waals surface area contributed by atoms with Crippen LogP contribution in [0.5, 0.6) is 11.5 Å². The van der Waals surface area contributed by atoms with Gasteiger partial charge in [-0.15, -0.1) is 0 Å². The normalized spacial score (nSPS) is 15.0. The van der Waals surface area contributed by atoms with Crippen molar-refractivity contribution in [2.75, 3.05) is 27.3 Å². The van der Waals surface area contributed by atoms with Crippen LogP contribution in [0.2, 0.25) is 0 Å². The van der Waals surface area contributed by atoms with Crippen molar-refractivity contribution >= 4 is 16.9 Å². The quantitative estimate of drug-likeness (QED) is 0.680. The molecule has 1 saturated heterocycles. The molecule has 0 aliphatic carbocycles. The van der Waals surface area contributed by atoms with Gasteiger partial charge in [0.1, 0.15) is 0 Å². The van der Waals surface area contributed by atoms with Gasteiger partial charge in [-0.25, -0.2) is 4.98 Å². The van der Waals surface area contributed by atoms with Crippen molar-refractivity contribution in [2.45, 2.75) is 19.4 Å². The van der Waals surface area contributed by atoms with E-state index >= 15 is 0 Å². The second-order valence-corrected chi connectivity index (χ2v) is 7.19. The maximum atomic E-state index is 12.9. The molecular weight excluding hydrogens is 354 g/mol. The zero-order valence-corrected chi connectivity index (χ0v) is 16.3. The number of benzene rings is 2. The second-order valence-electron chi connectivity index (χ2n) is 7.19. The fourth-order valence-corrected chi connectivity index (χ4v) is 3.90. The maximum Gasteiger partial charge on any atom is 0.253 e. The molecule has 1 amide bonds. The van der Waals surface area contributed by atoms with E-state index in [2.05, 4.69) is 15.6 Å². The number of para-hydroxylation sites is 2. The van der Waals surface area contributed by atoms with Crippen molar-refractivity contribution in [3.05, 3.63) is 54.4 Å². The lowest BCUT2D eigenvalue weighted by Gasteiger charge is -2.32.